The first kappa shape index (κ1) is 16.9. The molecule has 0 heterocycles. The topological polar surface area (TPSA) is 39.7 Å². The Kier molecular flexibility index (Phi) is 8.62. The van der Waals surface area contributed by atoms with Crippen LogP contribution in [0.4, 0.5) is 0 Å². The summed E-state index contributed by atoms with van der Waals surface area (Å²) < 4.78 is 15.9. The zero-order valence-corrected chi connectivity index (χ0v) is 12.9. The van der Waals surface area contributed by atoms with Gasteiger partial charge >= 0.3 is 0 Å². The van der Waals surface area contributed by atoms with Gasteiger partial charge in [-0.3, -0.25) is 0 Å². The molecule has 1 unspecified atom stereocenters. The van der Waals surface area contributed by atoms with Crippen molar-refractivity contribution in [3.63, 3.8) is 0 Å². The molecule has 0 aromatic carbocycles. The van der Waals surface area contributed by atoms with Crippen LogP contribution in [-0.4, -0.2) is 52.7 Å². The Morgan fingerprint density at radius 3 is 2.26 bits per heavy atom. The van der Waals surface area contributed by atoms with E-state index < -0.39 is 0 Å². The maximum Gasteiger partial charge on any atom is 0.0701 e. The van der Waals surface area contributed by atoms with Crippen molar-refractivity contribution in [3.8, 4) is 0 Å². The van der Waals surface area contributed by atoms with E-state index in [1.807, 2.05) is 0 Å². The minimum atomic E-state index is 0.361. The van der Waals surface area contributed by atoms with Crippen molar-refractivity contribution < 1.29 is 14.2 Å². The molecular formula is C15H31NO3. The SMILES string of the molecule is CCC(C)(CCOCCOCCOC)CNC1CC1. The van der Waals surface area contributed by atoms with E-state index in [1.54, 1.807) is 7.11 Å². The van der Waals surface area contributed by atoms with Gasteiger partial charge in [-0.15, -0.1) is 0 Å². The lowest BCUT2D eigenvalue weighted by atomic mass is 9.84. The van der Waals surface area contributed by atoms with E-state index in [4.69, 9.17) is 14.2 Å². The molecule has 0 aromatic rings. The molecule has 0 saturated heterocycles. The molecule has 0 spiro atoms. The Hall–Kier alpha value is -0.160. The third kappa shape index (κ3) is 8.58. The van der Waals surface area contributed by atoms with Gasteiger partial charge < -0.3 is 19.5 Å². The minimum Gasteiger partial charge on any atom is -0.382 e. The van der Waals surface area contributed by atoms with Crippen molar-refractivity contribution in [2.45, 2.75) is 45.6 Å². The van der Waals surface area contributed by atoms with Gasteiger partial charge in [0.15, 0.2) is 0 Å². The van der Waals surface area contributed by atoms with E-state index >= 15 is 0 Å². The van der Waals surface area contributed by atoms with Crippen molar-refractivity contribution >= 4 is 0 Å². The molecule has 0 amide bonds. The number of ether oxygens (including phenoxy) is 3. The summed E-state index contributed by atoms with van der Waals surface area (Å²) in [5, 5.41) is 3.63. The predicted molar refractivity (Wildman–Crippen MR) is 77.6 cm³/mol. The Labute approximate surface area is 118 Å². The Morgan fingerprint density at radius 1 is 1.05 bits per heavy atom. The number of methoxy groups -OCH3 is 1. The molecule has 1 rings (SSSR count). The standard InChI is InChI=1S/C15H31NO3/c1-4-15(2,13-16-14-5-6-14)7-8-18-11-12-19-10-9-17-3/h14,16H,4-13H2,1-3H3. The Bertz CT molecular complexity index is 221. The van der Waals surface area contributed by atoms with Gasteiger partial charge in [0.2, 0.25) is 0 Å². The monoisotopic (exact) mass is 273 g/mol. The molecule has 114 valence electrons. The van der Waals surface area contributed by atoms with Gasteiger partial charge in [-0.1, -0.05) is 13.8 Å². The highest BCUT2D eigenvalue weighted by molar-refractivity contribution is 4.85. The molecule has 0 aromatic heterocycles. The maximum atomic E-state index is 5.64. The summed E-state index contributed by atoms with van der Waals surface area (Å²) in [4.78, 5) is 0. The zero-order valence-electron chi connectivity index (χ0n) is 12.9. The molecule has 1 aliphatic carbocycles. The summed E-state index contributed by atoms with van der Waals surface area (Å²) in [6.45, 7) is 9.19. The van der Waals surface area contributed by atoms with Gasteiger partial charge in [0.05, 0.1) is 26.4 Å². The molecule has 4 heteroatoms. The van der Waals surface area contributed by atoms with Crippen LogP contribution in [0.25, 0.3) is 0 Å². The molecule has 1 fully saturated rings. The molecule has 0 bridgehead atoms. The summed E-state index contributed by atoms with van der Waals surface area (Å²) in [7, 11) is 1.68. The van der Waals surface area contributed by atoms with Crippen LogP contribution in [0.15, 0.2) is 0 Å². The summed E-state index contributed by atoms with van der Waals surface area (Å²) >= 11 is 0. The quantitative estimate of drug-likeness (QED) is 0.522. The summed E-state index contributed by atoms with van der Waals surface area (Å²) in [5.74, 6) is 0. The van der Waals surface area contributed by atoms with Gasteiger partial charge in [-0.05, 0) is 31.1 Å². The predicted octanol–water partition coefficient (Wildman–Crippen LogP) is 2.22. The van der Waals surface area contributed by atoms with Crippen LogP contribution < -0.4 is 5.32 Å². The first-order valence-electron chi connectivity index (χ1n) is 7.58. The second kappa shape index (κ2) is 9.70. The Morgan fingerprint density at radius 2 is 1.68 bits per heavy atom. The third-order valence-corrected chi connectivity index (χ3v) is 3.90. The highest BCUT2D eigenvalue weighted by atomic mass is 16.5. The van der Waals surface area contributed by atoms with Crippen LogP contribution in [0, 0.1) is 5.41 Å². The van der Waals surface area contributed by atoms with E-state index in [0.29, 0.717) is 31.8 Å². The van der Waals surface area contributed by atoms with Gasteiger partial charge in [0, 0.05) is 26.3 Å². The lowest BCUT2D eigenvalue weighted by molar-refractivity contribution is 0.0172. The smallest absolute Gasteiger partial charge is 0.0701 e. The van der Waals surface area contributed by atoms with Crippen LogP contribution >= 0.6 is 0 Å². The molecule has 19 heavy (non-hydrogen) atoms. The fourth-order valence-electron chi connectivity index (χ4n) is 1.85. The second-order valence-corrected chi connectivity index (χ2v) is 5.79. The van der Waals surface area contributed by atoms with Crippen LogP contribution in [-0.2, 0) is 14.2 Å². The number of nitrogens with one attached hydrogen (secondary N) is 1. The first-order valence-corrected chi connectivity index (χ1v) is 7.58. The average molecular weight is 273 g/mol. The molecule has 1 saturated carbocycles. The van der Waals surface area contributed by atoms with Crippen LogP contribution in [0.2, 0.25) is 0 Å². The average Bonchev–Trinajstić information content (AvgIpc) is 3.24. The molecule has 0 aliphatic heterocycles. The molecule has 1 atom stereocenters. The van der Waals surface area contributed by atoms with Crippen molar-refractivity contribution in [3.05, 3.63) is 0 Å². The summed E-state index contributed by atoms with van der Waals surface area (Å²) in [5.41, 5.74) is 0.361. The van der Waals surface area contributed by atoms with Crippen LogP contribution in [0.5, 0.6) is 0 Å². The second-order valence-electron chi connectivity index (χ2n) is 5.79. The van der Waals surface area contributed by atoms with E-state index in [0.717, 1.165) is 25.6 Å². The third-order valence-electron chi connectivity index (χ3n) is 3.90. The van der Waals surface area contributed by atoms with Crippen molar-refractivity contribution in [2.24, 2.45) is 5.41 Å². The fourth-order valence-corrected chi connectivity index (χ4v) is 1.85. The minimum absolute atomic E-state index is 0.361. The van der Waals surface area contributed by atoms with Gasteiger partial charge in [0.1, 0.15) is 0 Å². The molecule has 1 aliphatic rings. The van der Waals surface area contributed by atoms with Gasteiger partial charge in [-0.2, -0.15) is 0 Å². The molecular weight excluding hydrogens is 242 g/mol. The summed E-state index contributed by atoms with van der Waals surface area (Å²) in [6.07, 6.45) is 5.02. The highest BCUT2D eigenvalue weighted by Gasteiger charge is 2.27. The van der Waals surface area contributed by atoms with Crippen molar-refractivity contribution in [1.29, 1.82) is 0 Å². The molecule has 4 nitrogen and oxygen atoms in total. The molecule has 1 N–H and O–H groups in total. The molecule has 0 radical (unpaired) electrons. The van der Waals surface area contributed by atoms with Crippen LogP contribution in [0.1, 0.15) is 39.5 Å². The van der Waals surface area contributed by atoms with Gasteiger partial charge in [0.25, 0.3) is 0 Å². The number of rotatable bonds is 13. The van der Waals surface area contributed by atoms with Crippen LogP contribution in [0.3, 0.4) is 0 Å². The summed E-state index contributed by atoms with van der Waals surface area (Å²) in [6, 6.07) is 0.793. The maximum absolute atomic E-state index is 5.64. The normalized spacial score (nSPS) is 18.5. The lowest BCUT2D eigenvalue weighted by Gasteiger charge is -2.28. The van der Waals surface area contributed by atoms with E-state index in [2.05, 4.69) is 19.2 Å². The number of hydrogen-bond donors (Lipinski definition) is 1. The van der Waals surface area contributed by atoms with Crippen molar-refractivity contribution in [2.75, 3.05) is 46.7 Å². The zero-order chi connectivity index (χ0) is 14.0. The van der Waals surface area contributed by atoms with E-state index in [-0.39, 0.29) is 0 Å². The Balaban J connectivity index is 1.95. The van der Waals surface area contributed by atoms with Crippen molar-refractivity contribution in [1.82, 2.24) is 5.32 Å². The lowest BCUT2D eigenvalue weighted by Crippen LogP contribution is -2.33. The van der Waals surface area contributed by atoms with E-state index in [9.17, 15) is 0 Å². The highest BCUT2D eigenvalue weighted by Crippen LogP contribution is 2.27. The van der Waals surface area contributed by atoms with E-state index in [1.165, 1.54) is 19.3 Å². The van der Waals surface area contributed by atoms with Gasteiger partial charge in [-0.25, -0.2) is 0 Å². The fraction of sp³-hybridized carbons (Fsp3) is 1.00. The largest absolute Gasteiger partial charge is 0.382 e. The first-order chi connectivity index (χ1) is 9.20. The number of hydrogen-bond acceptors (Lipinski definition) is 4.